The molecule has 1 saturated heterocycles. The zero-order valence-electron chi connectivity index (χ0n) is 9.14. The summed E-state index contributed by atoms with van der Waals surface area (Å²) in [5.74, 6) is -0.334. The Morgan fingerprint density at radius 2 is 2.24 bits per heavy atom. The second kappa shape index (κ2) is 4.73. The minimum Gasteiger partial charge on any atom is -0.382 e. The first kappa shape index (κ1) is 11.9. The molecule has 1 heterocycles. The van der Waals surface area contributed by atoms with Gasteiger partial charge in [-0.15, -0.1) is 0 Å². The van der Waals surface area contributed by atoms with Crippen LogP contribution in [0.4, 0.5) is 10.5 Å². The van der Waals surface area contributed by atoms with E-state index in [-0.39, 0.29) is 12.5 Å². The van der Waals surface area contributed by atoms with Crippen LogP contribution >= 0.6 is 11.6 Å². The maximum absolute atomic E-state index is 11.9. The molecule has 1 aromatic carbocycles. The Kier molecular flexibility index (Phi) is 3.31. The quantitative estimate of drug-likeness (QED) is 0.830. The molecule has 5 nitrogen and oxygen atoms in total. The van der Waals surface area contributed by atoms with Crippen molar-refractivity contribution in [1.82, 2.24) is 5.32 Å². The van der Waals surface area contributed by atoms with Gasteiger partial charge in [-0.1, -0.05) is 17.7 Å². The van der Waals surface area contributed by atoms with Crippen LogP contribution in [0.5, 0.6) is 0 Å². The van der Waals surface area contributed by atoms with Crippen LogP contribution in [0, 0.1) is 0 Å². The third-order valence-corrected chi connectivity index (χ3v) is 2.65. The van der Waals surface area contributed by atoms with Gasteiger partial charge in [-0.25, -0.2) is 9.69 Å². The first-order chi connectivity index (χ1) is 8.13. The van der Waals surface area contributed by atoms with Crippen molar-refractivity contribution in [2.75, 3.05) is 18.6 Å². The summed E-state index contributed by atoms with van der Waals surface area (Å²) >= 11 is 5.82. The second-order valence-corrected chi connectivity index (χ2v) is 4.05. The number of anilines is 1. The van der Waals surface area contributed by atoms with Crippen LogP contribution in [0.25, 0.3) is 0 Å². The SMILES string of the molecule is COCC1NC(=O)N(c2cccc(Cl)c2)C1=O. The van der Waals surface area contributed by atoms with Gasteiger partial charge < -0.3 is 10.1 Å². The van der Waals surface area contributed by atoms with E-state index < -0.39 is 12.1 Å². The Bertz CT molecular complexity index is 464. The molecule has 2 rings (SSSR count). The van der Waals surface area contributed by atoms with Gasteiger partial charge in [-0.3, -0.25) is 4.79 Å². The summed E-state index contributed by atoms with van der Waals surface area (Å²) in [7, 11) is 1.47. The fourth-order valence-electron chi connectivity index (χ4n) is 1.67. The number of amides is 3. The van der Waals surface area contributed by atoms with Crippen molar-refractivity contribution in [3.63, 3.8) is 0 Å². The standard InChI is InChI=1S/C11H11ClN2O3/c1-17-6-9-10(15)14(11(16)13-9)8-4-2-3-7(12)5-8/h2-5,9H,6H2,1H3,(H,13,16). The van der Waals surface area contributed by atoms with E-state index in [4.69, 9.17) is 16.3 Å². The molecule has 6 heteroatoms. The maximum atomic E-state index is 11.9. The zero-order chi connectivity index (χ0) is 12.4. The Morgan fingerprint density at radius 1 is 1.47 bits per heavy atom. The predicted octanol–water partition coefficient (Wildman–Crippen LogP) is 1.41. The number of hydrogen-bond donors (Lipinski definition) is 1. The summed E-state index contributed by atoms with van der Waals surface area (Å²) < 4.78 is 4.86. The molecule has 1 fully saturated rings. The number of methoxy groups -OCH3 is 1. The highest BCUT2D eigenvalue weighted by Gasteiger charge is 2.38. The number of urea groups is 1. The average molecular weight is 255 g/mol. The molecule has 0 radical (unpaired) electrons. The highest BCUT2D eigenvalue weighted by Crippen LogP contribution is 2.22. The third kappa shape index (κ3) is 2.25. The van der Waals surface area contributed by atoms with Gasteiger partial charge in [0, 0.05) is 12.1 Å². The van der Waals surface area contributed by atoms with Crippen molar-refractivity contribution < 1.29 is 14.3 Å². The smallest absolute Gasteiger partial charge is 0.329 e. The molecular weight excluding hydrogens is 244 g/mol. The largest absolute Gasteiger partial charge is 0.382 e. The van der Waals surface area contributed by atoms with Gasteiger partial charge in [0.2, 0.25) is 0 Å². The van der Waals surface area contributed by atoms with E-state index in [1.807, 2.05) is 0 Å². The minimum absolute atomic E-state index is 0.154. The number of hydrogen-bond acceptors (Lipinski definition) is 3. The number of carbonyl (C=O) groups is 2. The van der Waals surface area contributed by atoms with Crippen molar-refractivity contribution in [1.29, 1.82) is 0 Å². The molecular formula is C11H11ClN2O3. The van der Waals surface area contributed by atoms with Crippen molar-refractivity contribution in [3.8, 4) is 0 Å². The molecule has 0 saturated carbocycles. The van der Waals surface area contributed by atoms with Crippen LogP contribution < -0.4 is 10.2 Å². The van der Waals surface area contributed by atoms with E-state index >= 15 is 0 Å². The monoisotopic (exact) mass is 254 g/mol. The average Bonchev–Trinajstić information content (AvgIpc) is 2.55. The third-order valence-electron chi connectivity index (χ3n) is 2.42. The molecule has 0 bridgehead atoms. The highest BCUT2D eigenvalue weighted by molar-refractivity contribution is 6.31. The summed E-state index contributed by atoms with van der Waals surface area (Å²) in [6.07, 6.45) is 0. The molecule has 1 aliphatic rings. The summed E-state index contributed by atoms with van der Waals surface area (Å²) in [6, 6.07) is 5.48. The van der Waals surface area contributed by atoms with E-state index in [9.17, 15) is 9.59 Å². The molecule has 1 unspecified atom stereocenters. The molecule has 0 aliphatic carbocycles. The van der Waals surface area contributed by atoms with Crippen molar-refractivity contribution in [2.45, 2.75) is 6.04 Å². The van der Waals surface area contributed by atoms with Crippen LogP contribution in [0.2, 0.25) is 5.02 Å². The van der Waals surface area contributed by atoms with Crippen molar-refractivity contribution in [3.05, 3.63) is 29.3 Å². The number of halogens is 1. The van der Waals surface area contributed by atoms with Crippen LogP contribution in [0.3, 0.4) is 0 Å². The first-order valence-electron chi connectivity index (χ1n) is 5.02. The second-order valence-electron chi connectivity index (χ2n) is 3.61. The zero-order valence-corrected chi connectivity index (χ0v) is 9.90. The number of ether oxygens (including phenoxy) is 1. The first-order valence-corrected chi connectivity index (χ1v) is 5.40. The van der Waals surface area contributed by atoms with E-state index in [1.54, 1.807) is 24.3 Å². The summed E-state index contributed by atoms with van der Waals surface area (Å²) in [4.78, 5) is 24.7. The fourth-order valence-corrected chi connectivity index (χ4v) is 1.86. The highest BCUT2D eigenvalue weighted by atomic mass is 35.5. The van der Waals surface area contributed by atoms with E-state index in [0.29, 0.717) is 10.7 Å². The molecule has 1 aliphatic heterocycles. The lowest BCUT2D eigenvalue weighted by atomic mass is 10.2. The Hall–Kier alpha value is -1.59. The topological polar surface area (TPSA) is 58.6 Å². The Balaban J connectivity index is 2.27. The molecule has 0 aromatic heterocycles. The number of imide groups is 1. The van der Waals surface area contributed by atoms with Crippen molar-refractivity contribution in [2.24, 2.45) is 0 Å². The van der Waals surface area contributed by atoms with E-state index in [1.165, 1.54) is 7.11 Å². The number of nitrogens with one attached hydrogen (secondary N) is 1. The summed E-state index contributed by atoms with van der Waals surface area (Å²) in [6.45, 7) is 0.154. The Labute approximate surface area is 103 Å². The van der Waals surface area contributed by atoms with Crippen LogP contribution in [-0.4, -0.2) is 31.7 Å². The lowest BCUT2D eigenvalue weighted by Crippen LogP contribution is -2.34. The molecule has 1 aromatic rings. The van der Waals surface area contributed by atoms with Gasteiger partial charge in [-0.05, 0) is 18.2 Å². The van der Waals surface area contributed by atoms with Crippen molar-refractivity contribution >= 4 is 29.2 Å². The van der Waals surface area contributed by atoms with Gasteiger partial charge in [0.1, 0.15) is 6.04 Å². The molecule has 0 spiro atoms. The molecule has 17 heavy (non-hydrogen) atoms. The maximum Gasteiger partial charge on any atom is 0.329 e. The van der Waals surface area contributed by atoms with Gasteiger partial charge in [0.05, 0.1) is 12.3 Å². The molecule has 1 N–H and O–H groups in total. The summed E-state index contributed by atoms with van der Waals surface area (Å²) in [5, 5.41) is 3.01. The fraction of sp³-hybridized carbons (Fsp3) is 0.273. The molecule has 3 amide bonds. The van der Waals surface area contributed by atoms with Gasteiger partial charge in [0.15, 0.2) is 0 Å². The number of nitrogens with zero attached hydrogens (tertiary/aromatic N) is 1. The number of carbonyl (C=O) groups excluding carboxylic acids is 2. The number of rotatable bonds is 3. The van der Waals surface area contributed by atoms with Crippen LogP contribution in [-0.2, 0) is 9.53 Å². The summed E-state index contributed by atoms with van der Waals surface area (Å²) in [5.41, 5.74) is 0.457. The minimum atomic E-state index is -0.633. The molecule has 90 valence electrons. The van der Waals surface area contributed by atoms with E-state index in [2.05, 4.69) is 5.32 Å². The number of benzene rings is 1. The van der Waals surface area contributed by atoms with Crippen LogP contribution in [0.15, 0.2) is 24.3 Å². The predicted molar refractivity (Wildman–Crippen MR) is 63.1 cm³/mol. The van der Waals surface area contributed by atoms with Crippen LogP contribution in [0.1, 0.15) is 0 Å². The lowest BCUT2D eigenvalue weighted by molar-refractivity contribution is -0.119. The lowest BCUT2D eigenvalue weighted by Gasteiger charge is -2.12. The Morgan fingerprint density at radius 3 is 2.88 bits per heavy atom. The van der Waals surface area contributed by atoms with E-state index in [0.717, 1.165) is 4.90 Å². The van der Waals surface area contributed by atoms with Gasteiger partial charge >= 0.3 is 6.03 Å². The molecule has 1 atom stereocenters. The van der Waals surface area contributed by atoms with Gasteiger partial charge in [-0.2, -0.15) is 0 Å². The van der Waals surface area contributed by atoms with Gasteiger partial charge in [0.25, 0.3) is 5.91 Å². The normalized spacial score (nSPS) is 19.6.